The Bertz CT molecular complexity index is 604. The van der Waals surface area contributed by atoms with Gasteiger partial charge < -0.3 is 10.5 Å². The third-order valence-electron chi connectivity index (χ3n) is 3.51. The molecule has 0 unspecified atom stereocenters. The fourth-order valence-corrected chi connectivity index (χ4v) is 2.05. The van der Waals surface area contributed by atoms with Crippen LogP contribution in [0, 0.1) is 15.9 Å². The zero-order valence-corrected chi connectivity index (χ0v) is 10.9. The van der Waals surface area contributed by atoms with Crippen LogP contribution in [0.5, 0.6) is 0 Å². The van der Waals surface area contributed by atoms with Crippen LogP contribution in [0.15, 0.2) is 23.2 Å². The Kier molecular flexibility index (Phi) is 3.11. The molecule has 0 aliphatic carbocycles. The molecular weight excluding hydrogens is 272 g/mol. The second-order valence-corrected chi connectivity index (χ2v) is 4.91. The number of amidine groups is 1. The van der Waals surface area contributed by atoms with Crippen LogP contribution in [0.2, 0.25) is 0 Å². The van der Waals surface area contributed by atoms with Crippen molar-refractivity contribution in [3.05, 3.63) is 39.7 Å². The van der Waals surface area contributed by atoms with Crippen molar-refractivity contribution >= 4 is 11.7 Å². The standard InChI is InChI=1S/C12H13F2N3O3/c1-11(14)6-16-10(15)20-12(11,2)8-5-7(17(18)19)3-4-9(8)13/h3-5H,6H2,1-2H3,(H2,15,16)/t11-,12-/m1/s1. The summed E-state index contributed by atoms with van der Waals surface area (Å²) in [4.78, 5) is 13.7. The van der Waals surface area contributed by atoms with E-state index < -0.39 is 22.0 Å². The van der Waals surface area contributed by atoms with Crippen LogP contribution in [0.25, 0.3) is 0 Å². The number of aliphatic imine (C=N–C) groups is 1. The van der Waals surface area contributed by atoms with Gasteiger partial charge in [0.05, 0.1) is 11.5 Å². The average Bonchev–Trinajstić information content (AvgIpc) is 2.35. The van der Waals surface area contributed by atoms with Crippen LogP contribution in [-0.4, -0.2) is 23.2 Å². The van der Waals surface area contributed by atoms with Crippen LogP contribution in [-0.2, 0) is 10.3 Å². The van der Waals surface area contributed by atoms with Crippen LogP contribution in [0.1, 0.15) is 19.4 Å². The van der Waals surface area contributed by atoms with E-state index in [0.29, 0.717) is 0 Å². The Morgan fingerprint density at radius 3 is 2.75 bits per heavy atom. The first-order valence-electron chi connectivity index (χ1n) is 5.80. The van der Waals surface area contributed by atoms with Gasteiger partial charge in [0.1, 0.15) is 5.82 Å². The van der Waals surface area contributed by atoms with Crippen molar-refractivity contribution in [2.24, 2.45) is 10.7 Å². The summed E-state index contributed by atoms with van der Waals surface area (Å²) in [6.07, 6.45) is 0. The van der Waals surface area contributed by atoms with Gasteiger partial charge in [-0.3, -0.25) is 10.1 Å². The summed E-state index contributed by atoms with van der Waals surface area (Å²) in [5.41, 5.74) is 0.934. The monoisotopic (exact) mass is 285 g/mol. The summed E-state index contributed by atoms with van der Waals surface area (Å²) in [5.74, 6) is -0.809. The molecular formula is C12H13F2N3O3. The van der Waals surface area contributed by atoms with E-state index >= 15 is 0 Å². The van der Waals surface area contributed by atoms with Crippen LogP contribution in [0.4, 0.5) is 14.5 Å². The molecule has 8 heteroatoms. The smallest absolute Gasteiger partial charge is 0.283 e. The molecule has 0 bridgehead atoms. The Hall–Kier alpha value is -2.25. The van der Waals surface area contributed by atoms with Gasteiger partial charge >= 0.3 is 0 Å². The lowest BCUT2D eigenvalue weighted by Crippen LogP contribution is -2.54. The Morgan fingerprint density at radius 1 is 1.50 bits per heavy atom. The minimum atomic E-state index is -2.06. The van der Waals surface area contributed by atoms with Crippen LogP contribution in [0.3, 0.4) is 0 Å². The number of alkyl halides is 1. The largest absolute Gasteiger partial charge is 0.451 e. The zero-order chi connectivity index (χ0) is 15.1. The SMILES string of the molecule is C[C@@]1(F)CN=C(N)O[C@]1(C)c1cc([N+](=O)[O-])ccc1F. The summed E-state index contributed by atoms with van der Waals surface area (Å²) in [7, 11) is 0. The molecule has 1 aromatic carbocycles. The van der Waals surface area contributed by atoms with E-state index in [1.165, 1.54) is 13.8 Å². The lowest BCUT2D eigenvalue weighted by Gasteiger charge is -2.42. The van der Waals surface area contributed by atoms with E-state index in [0.717, 1.165) is 18.2 Å². The average molecular weight is 285 g/mol. The number of hydrogen-bond donors (Lipinski definition) is 1. The Labute approximate surface area is 113 Å². The highest BCUT2D eigenvalue weighted by molar-refractivity contribution is 5.73. The van der Waals surface area contributed by atoms with Crippen LogP contribution < -0.4 is 5.73 Å². The Morgan fingerprint density at radius 2 is 2.15 bits per heavy atom. The molecule has 1 aromatic rings. The second-order valence-electron chi connectivity index (χ2n) is 4.91. The number of rotatable bonds is 2. The van der Waals surface area contributed by atoms with Gasteiger partial charge in [-0.2, -0.15) is 0 Å². The van der Waals surface area contributed by atoms with E-state index in [4.69, 9.17) is 10.5 Å². The van der Waals surface area contributed by atoms with E-state index in [-0.39, 0.29) is 23.8 Å². The van der Waals surface area contributed by atoms with Crippen molar-refractivity contribution in [3.8, 4) is 0 Å². The number of hydrogen-bond acceptors (Lipinski definition) is 5. The maximum absolute atomic E-state index is 14.7. The summed E-state index contributed by atoms with van der Waals surface area (Å²) >= 11 is 0. The summed E-state index contributed by atoms with van der Waals surface area (Å²) in [6, 6.07) is 2.57. The number of benzene rings is 1. The molecule has 0 fully saturated rings. The van der Waals surface area contributed by atoms with Gasteiger partial charge in [-0.1, -0.05) is 0 Å². The van der Waals surface area contributed by atoms with Gasteiger partial charge in [0.25, 0.3) is 11.7 Å². The van der Waals surface area contributed by atoms with Crippen molar-refractivity contribution in [3.63, 3.8) is 0 Å². The molecule has 2 N–H and O–H groups in total. The number of halogens is 2. The van der Waals surface area contributed by atoms with Gasteiger partial charge in [-0.25, -0.2) is 13.8 Å². The van der Waals surface area contributed by atoms with Gasteiger partial charge in [-0.05, 0) is 19.9 Å². The number of nitro groups is 1. The first-order chi connectivity index (χ1) is 9.17. The highest BCUT2D eigenvalue weighted by atomic mass is 19.1. The minimum Gasteiger partial charge on any atom is -0.451 e. The van der Waals surface area contributed by atoms with Crippen molar-refractivity contribution in [2.45, 2.75) is 25.1 Å². The molecule has 0 saturated heterocycles. The van der Waals surface area contributed by atoms with Gasteiger partial charge in [0, 0.05) is 17.7 Å². The molecule has 2 atom stereocenters. The molecule has 1 heterocycles. The maximum atomic E-state index is 14.7. The molecule has 1 aliphatic heterocycles. The van der Waals surface area contributed by atoms with E-state index in [9.17, 15) is 18.9 Å². The maximum Gasteiger partial charge on any atom is 0.283 e. The molecule has 20 heavy (non-hydrogen) atoms. The fourth-order valence-electron chi connectivity index (χ4n) is 2.05. The van der Waals surface area contributed by atoms with Crippen molar-refractivity contribution in [1.29, 1.82) is 0 Å². The second kappa shape index (κ2) is 4.39. The van der Waals surface area contributed by atoms with Crippen LogP contribution >= 0.6 is 0 Å². The highest BCUT2D eigenvalue weighted by Crippen LogP contribution is 2.43. The lowest BCUT2D eigenvalue weighted by molar-refractivity contribution is -0.385. The Balaban J connectivity index is 2.61. The summed E-state index contributed by atoms with van der Waals surface area (Å²) in [5, 5.41) is 10.8. The molecule has 108 valence electrons. The van der Waals surface area contributed by atoms with Gasteiger partial charge in [0.2, 0.25) is 0 Å². The van der Waals surface area contributed by atoms with E-state index in [1.54, 1.807) is 0 Å². The third kappa shape index (κ3) is 2.06. The van der Waals surface area contributed by atoms with Gasteiger partial charge in [0.15, 0.2) is 11.3 Å². The molecule has 0 aromatic heterocycles. The fraction of sp³-hybridized carbons (Fsp3) is 0.417. The third-order valence-corrected chi connectivity index (χ3v) is 3.51. The minimum absolute atomic E-state index is 0.269. The summed E-state index contributed by atoms with van der Waals surface area (Å²) < 4.78 is 33.8. The normalized spacial score (nSPS) is 29.5. The van der Waals surface area contributed by atoms with Crippen molar-refractivity contribution in [2.75, 3.05) is 6.54 Å². The lowest BCUT2D eigenvalue weighted by atomic mass is 9.80. The first kappa shape index (κ1) is 14.2. The quantitative estimate of drug-likeness (QED) is 0.664. The number of nitrogens with two attached hydrogens (primary N) is 1. The molecule has 0 amide bonds. The highest BCUT2D eigenvalue weighted by Gasteiger charge is 2.53. The zero-order valence-electron chi connectivity index (χ0n) is 10.9. The van der Waals surface area contributed by atoms with E-state index in [1.807, 2.05) is 0 Å². The van der Waals surface area contributed by atoms with Crippen molar-refractivity contribution in [1.82, 2.24) is 0 Å². The molecule has 1 aliphatic rings. The number of nitrogens with zero attached hydrogens (tertiary/aromatic N) is 2. The molecule has 2 rings (SSSR count). The van der Waals surface area contributed by atoms with Gasteiger partial charge in [-0.15, -0.1) is 0 Å². The number of ether oxygens (including phenoxy) is 1. The summed E-state index contributed by atoms with van der Waals surface area (Å²) in [6.45, 7) is 2.15. The molecule has 0 saturated carbocycles. The molecule has 6 nitrogen and oxygen atoms in total. The predicted molar refractivity (Wildman–Crippen MR) is 67.5 cm³/mol. The topological polar surface area (TPSA) is 90.8 Å². The number of nitro benzene ring substituents is 1. The van der Waals surface area contributed by atoms with Crippen molar-refractivity contribution < 1.29 is 18.4 Å². The first-order valence-corrected chi connectivity index (χ1v) is 5.80. The molecule has 0 radical (unpaired) electrons. The molecule has 0 spiro atoms. The number of non-ortho nitro benzene ring substituents is 1. The predicted octanol–water partition coefficient (Wildman–Crippen LogP) is 2.02. The van der Waals surface area contributed by atoms with E-state index in [2.05, 4.69) is 4.99 Å².